The van der Waals surface area contributed by atoms with E-state index in [4.69, 9.17) is 11.6 Å². The van der Waals surface area contributed by atoms with Crippen LogP contribution in [0.15, 0.2) is 78.4 Å². The maximum Gasteiger partial charge on any atom is 0.416 e. The number of hydrogen-bond donors (Lipinski definition) is 1. The van der Waals surface area contributed by atoms with Gasteiger partial charge in [-0.05, 0) is 36.4 Å². The molecule has 0 spiro atoms. The summed E-state index contributed by atoms with van der Waals surface area (Å²) in [7, 11) is 0. The van der Waals surface area contributed by atoms with Crippen molar-refractivity contribution in [2.24, 2.45) is 0 Å². The Kier molecular flexibility index (Phi) is 5.71. The van der Waals surface area contributed by atoms with Crippen LogP contribution in [0, 0.1) is 5.82 Å². The number of aliphatic hydroxyl groups excluding tert-OH is 1. The molecular formula is C24H14ClF4NO3. The summed E-state index contributed by atoms with van der Waals surface area (Å²) in [5.41, 5.74) is -1.87. The lowest BCUT2D eigenvalue weighted by Crippen LogP contribution is -2.30. The first-order valence-corrected chi connectivity index (χ1v) is 9.96. The van der Waals surface area contributed by atoms with Gasteiger partial charge in [0.15, 0.2) is 0 Å². The number of carbonyl (C=O) groups is 2. The SMILES string of the molecule is O=C1C(=O)N(c2cccc(C(F)(F)F)c2)C(c2ccccc2F)/C1=C(\O)c1cccc(Cl)c1. The van der Waals surface area contributed by atoms with Gasteiger partial charge in [-0.1, -0.05) is 48.0 Å². The molecule has 1 aliphatic rings. The van der Waals surface area contributed by atoms with Crippen LogP contribution in [0.4, 0.5) is 23.2 Å². The van der Waals surface area contributed by atoms with Crippen molar-refractivity contribution in [1.29, 1.82) is 0 Å². The lowest BCUT2D eigenvalue weighted by atomic mass is 9.94. The molecular weight excluding hydrogens is 462 g/mol. The van der Waals surface area contributed by atoms with E-state index in [-0.39, 0.29) is 21.8 Å². The molecule has 0 radical (unpaired) electrons. The highest BCUT2D eigenvalue weighted by Gasteiger charge is 2.48. The summed E-state index contributed by atoms with van der Waals surface area (Å²) in [5.74, 6) is -3.80. The number of halogens is 5. The zero-order valence-electron chi connectivity index (χ0n) is 16.6. The fourth-order valence-corrected chi connectivity index (χ4v) is 3.90. The van der Waals surface area contributed by atoms with Crippen LogP contribution in [-0.2, 0) is 15.8 Å². The van der Waals surface area contributed by atoms with E-state index in [0.717, 1.165) is 23.1 Å². The number of alkyl halides is 3. The minimum Gasteiger partial charge on any atom is -0.507 e. The molecule has 0 bridgehead atoms. The molecule has 168 valence electrons. The van der Waals surface area contributed by atoms with Crippen LogP contribution in [0.1, 0.15) is 22.7 Å². The van der Waals surface area contributed by atoms with Gasteiger partial charge in [0, 0.05) is 21.8 Å². The number of Topliss-reactive ketones (excluding diaryl/α,β-unsaturated/α-hetero) is 1. The molecule has 1 saturated heterocycles. The first-order valence-electron chi connectivity index (χ1n) is 9.58. The van der Waals surface area contributed by atoms with Crippen molar-refractivity contribution in [3.8, 4) is 0 Å². The summed E-state index contributed by atoms with van der Waals surface area (Å²) in [6.45, 7) is 0. The molecule has 0 saturated carbocycles. The van der Waals surface area contributed by atoms with Gasteiger partial charge >= 0.3 is 6.18 Å². The van der Waals surface area contributed by atoms with Crippen LogP contribution in [0.25, 0.3) is 5.76 Å². The lowest BCUT2D eigenvalue weighted by Gasteiger charge is -2.26. The standard InChI is InChI=1S/C24H14ClF4NO3/c25-15-7-3-5-13(11-15)21(31)19-20(17-9-1-2-10-18(17)26)30(23(33)22(19)32)16-8-4-6-14(12-16)24(27,28)29/h1-12,20,31H/b21-19+. The third kappa shape index (κ3) is 4.09. The van der Waals surface area contributed by atoms with Gasteiger partial charge in [0.1, 0.15) is 11.6 Å². The largest absolute Gasteiger partial charge is 0.507 e. The lowest BCUT2D eigenvalue weighted by molar-refractivity contribution is -0.137. The second-order valence-corrected chi connectivity index (χ2v) is 7.69. The van der Waals surface area contributed by atoms with Gasteiger partial charge in [-0.2, -0.15) is 13.2 Å². The monoisotopic (exact) mass is 475 g/mol. The molecule has 0 aromatic heterocycles. The summed E-state index contributed by atoms with van der Waals surface area (Å²) >= 11 is 5.96. The van der Waals surface area contributed by atoms with Crippen molar-refractivity contribution in [2.75, 3.05) is 4.90 Å². The van der Waals surface area contributed by atoms with Gasteiger partial charge in [-0.15, -0.1) is 0 Å². The normalized spacial score (nSPS) is 18.1. The number of anilines is 1. The summed E-state index contributed by atoms with van der Waals surface area (Å²) < 4.78 is 54.7. The van der Waals surface area contributed by atoms with Crippen molar-refractivity contribution < 1.29 is 32.3 Å². The molecule has 3 aromatic carbocycles. The number of nitrogens with zero attached hydrogens (tertiary/aromatic N) is 1. The van der Waals surface area contributed by atoms with Gasteiger partial charge < -0.3 is 5.11 Å². The van der Waals surface area contributed by atoms with Crippen molar-refractivity contribution in [1.82, 2.24) is 0 Å². The molecule has 1 amide bonds. The summed E-state index contributed by atoms with van der Waals surface area (Å²) in [6.07, 6.45) is -4.71. The van der Waals surface area contributed by atoms with Crippen LogP contribution < -0.4 is 4.90 Å². The molecule has 3 aromatic rings. The third-order valence-electron chi connectivity index (χ3n) is 5.19. The van der Waals surface area contributed by atoms with E-state index in [1.807, 2.05) is 0 Å². The number of benzene rings is 3. The van der Waals surface area contributed by atoms with Crippen molar-refractivity contribution in [3.63, 3.8) is 0 Å². The van der Waals surface area contributed by atoms with E-state index < -0.39 is 46.6 Å². The Morgan fingerprint density at radius 3 is 2.30 bits per heavy atom. The van der Waals surface area contributed by atoms with E-state index in [1.54, 1.807) is 0 Å². The maximum absolute atomic E-state index is 14.8. The van der Waals surface area contributed by atoms with E-state index in [2.05, 4.69) is 0 Å². The molecule has 9 heteroatoms. The quantitative estimate of drug-likeness (QED) is 0.215. The second-order valence-electron chi connectivity index (χ2n) is 7.25. The maximum atomic E-state index is 14.8. The number of rotatable bonds is 3. The van der Waals surface area contributed by atoms with E-state index in [1.165, 1.54) is 48.5 Å². The summed E-state index contributed by atoms with van der Waals surface area (Å²) in [6, 6.07) is 13.3. The summed E-state index contributed by atoms with van der Waals surface area (Å²) in [5, 5.41) is 11.2. The Morgan fingerprint density at radius 1 is 0.939 bits per heavy atom. The fraction of sp³-hybridized carbons (Fsp3) is 0.0833. The van der Waals surface area contributed by atoms with Gasteiger partial charge in [0.2, 0.25) is 0 Å². The third-order valence-corrected chi connectivity index (χ3v) is 5.43. The van der Waals surface area contributed by atoms with Crippen LogP contribution >= 0.6 is 11.6 Å². The van der Waals surface area contributed by atoms with E-state index >= 15 is 0 Å². The zero-order valence-corrected chi connectivity index (χ0v) is 17.4. The Balaban J connectivity index is 1.98. The summed E-state index contributed by atoms with van der Waals surface area (Å²) in [4.78, 5) is 26.7. The highest BCUT2D eigenvalue weighted by atomic mass is 35.5. The number of aliphatic hydroxyl groups is 1. The molecule has 1 aliphatic heterocycles. The van der Waals surface area contributed by atoms with Crippen molar-refractivity contribution >= 4 is 34.7 Å². The first-order chi connectivity index (χ1) is 15.6. The fourth-order valence-electron chi connectivity index (χ4n) is 3.71. The number of hydrogen-bond acceptors (Lipinski definition) is 3. The van der Waals surface area contributed by atoms with Crippen LogP contribution in [0.5, 0.6) is 0 Å². The molecule has 4 nitrogen and oxygen atoms in total. The molecule has 1 fully saturated rings. The van der Waals surface area contributed by atoms with Gasteiger partial charge in [-0.3, -0.25) is 14.5 Å². The minimum absolute atomic E-state index is 0.0888. The van der Waals surface area contributed by atoms with Crippen LogP contribution in [0.3, 0.4) is 0 Å². The van der Waals surface area contributed by atoms with E-state index in [0.29, 0.717) is 6.07 Å². The Labute approximate surface area is 190 Å². The number of amides is 1. The molecule has 33 heavy (non-hydrogen) atoms. The Hall–Kier alpha value is -3.65. The predicted molar refractivity (Wildman–Crippen MR) is 114 cm³/mol. The van der Waals surface area contributed by atoms with Gasteiger partial charge in [-0.25, -0.2) is 4.39 Å². The average molecular weight is 476 g/mol. The molecule has 1 heterocycles. The van der Waals surface area contributed by atoms with E-state index in [9.17, 15) is 32.3 Å². The molecule has 4 rings (SSSR count). The van der Waals surface area contributed by atoms with Gasteiger partial charge in [0.05, 0.1) is 17.2 Å². The highest BCUT2D eigenvalue weighted by Crippen LogP contribution is 2.44. The molecule has 1 atom stereocenters. The van der Waals surface area contributed by atoms with Crippen LogP contribution in [-0.4, -0.2) is 16.8 Å². The second kappa shape index (κ2) is 8.37. The van der Waals surface area contributed by atoms with Crippen LogP contribution in [0.2, 0.25) is 5.02 Å². The smallest absolute Gasteiger partial charge is 0.416 e. The zero-order chi connectivity index (χ0) is 23.9. The Morgan fingerprint density at radius 2 is 1.64 bits per heavy atom. The van der Waals surface area contributed by atoms with Gasteiger partial charge in [0.25, 0.3) is 11.7 Å². The number of carbonyl (C=O) groups excluding carboxylic acids is 2. The predicted octanol–water partition coefficient (Wildman–Crippen LogP) is 6.12. The highest BCUT2D eigenvalue weighted by molar-refractivity contribution is 6.51. The number of ketones is 1. The Bertz CT molecular complexity index is 1300. The first kappa shape index (κ1) is 22.5. The topological polar surface area (TPSA) is 57.6 Å². The average Bonchev–Trinajstić information content (AvgIpc) is 3.03. The van der Waals surface area contributed by atoms with Crippen molar-refractivity contribution in [3.05, 3.63) is 106 Å². The molecule has 1 N–H and O–H groups in total. The molecule has 1 unspecified atom stereocenters. The molecule has 0 aliphatic carbocycles. The minimum atomic E-state index is -4.71. The van der Waals surface area contributed by atoms with Crippen molar-refractivity contribution in [2.45, 2.75) is 12.2 Å².